The standard InChI is InChI=1S/C21H31N3O3/c1-22(2)18-9-10-23(13-18)14-21(25)24(17-5-3-4-6-17)12-16-7-8-19-20(11-16)27-15-26-19/h7-8,11,17-18H,3-6,9-10,12-15H2,1-2H3/t18-/m1/s1. The number of ether oxygens (including phenoxy) is 2. The molecule has 1 saturated heterocycles. The third-order valence-corrected chi connectivity index (χ3v) is 6.21. The van der Waals surface area contributed by atoms with E-state index in [1.54, 1.807) is 0 Å². The summed E-state index contributed by atoms with van der Waals surface area (Å²) in [5.41, 5.74) is 1.12. The SMILES string of the molecule is CN(C)[C@@H]1CCN(CC(=O)N(Cc2ccc3c(c2)OCO3)C2CCCC2)C1. The van der Waals surface area contributed by atoms with E-state index in [1.165, 1.54) is 12.8 Å². The Kier molecular flexibility index (Phi) is 5.55. The average molecular weight is 373 g/mol. The zero-order valence-electron chi connectivity index (χ0n) is 16.5. The van der Waals surface area contributed by atoms with Crippen LogP contribution in [-0.2, 0) is 11.3 Å². The van der Waals surface area contributed by atoms with Crippen LogP contribution in [-0.4, -0.2) is 73.2 Å². The molecule has 0 bridgehead atoms. The van der Waals surface area contributed by atoms with E-state index in [9.17, 15) is 4.79 Å². The van der Waals surface area contributed by atoms with E-state index in [0.717, 1.165) is 49.4 Å². The summed E-state index contributed by atoms with van der Waals surface area (Å²) in [5.74, 6) is 1.85. The predicted molar refractivity (Wildman–Crippen MR) is 104 cm³/mol. The third-order valence-electron chi connectivity index (χ3n) is 6.21. The first kappa shape index (κ1) is 18.6. The Hall–Kier alpha value is -1.79. The van der Waals surface area contributed by atoms with Gasteiger partial charge in [0.1, 0.15) is 0 Å². The number of fused-ring (bicyclic) bond motifs is 1. The molecule has 0 N–H and O–H groups in total. The highest BCUT2D eigenvalue weighted by Crippen LogP contribution is 2.33. The second kappa shape index (κ2) is 8.07. The van der Waals surface area contributed by atoms with Crippen molar-refractivity contribution in [1.29, 1.82) is 0 Å². The molecule has 4 rings (SSSR count). The molecule has 0 unspecified atom stereocenters. The van der Waals surface area contributed by atoms with Crippen LogP contribution in [0.5, 0.6) is 11.5 Å². The molecule has 6 nitrogen and oxygen atoms in total. The Bertz CT molecular complexity index is 673. The van der Waals surface area contributed by atoms with Gasteiger partial charge in [0.2, 0.25) is 12.7 Å². The van der Waals surface area contributed by atoms with Crippen LogP contribution in [0.3, 0.4) is 0 Å². The van der Waals surface area contributed by atoms with Crippen LogP contribution >= 0.6 is 0 Å². The molecule has 1 aromatic carbocycles. The number of likely N-dealkylation sites (N-methyl/N-ethyl adjacent to an activating group) is 1. The van der Waals surface area contributed by atoms with Crippen LogP contribution in [0.25, 0.3) is 0 Å². The fourth-order valence-electron chi connectivity index (χ4n) is 4.53. The minimum atomic E-state index is 0.263. The number of hydrogen-bond donors (Lipinski definition) is 0. The molecule has 6 heteroatoms. The Morgan fingerprint density at radius 2 is 1.89 bits per heavy atom. The van der Waals surface area contributed by atoms with Gasteiger partial charge >= 0.3 is 0 Å². The van der Waals surface area contributed by atoms with E-state index in [-0.39, 0.29) is 12.7 Å². The van der Waals surface area contributed by atoms with Crippen molar-refractivity contribution in [1.82, 2.24) is 14.7 Å². The van der Waals surface area contributed by atoms with Crippen molar-refractivity contribution in [2.24, 2.45) is 0 Å². The van der Waals surface area contributed by atoms with Gasteiger partial charge < -0.3 is 19.3 Å². The predicted octanol–water partition coefficient (Wildman–Crippen LogP) is 2.32. The normalized spacial score (nSPS) is 22.7. The van der Waals surface area contributed by atoms with Crippen molar-refractivity contribution in [2.75, 3.05) is 40.5 Å². The minimum absolute atomic E-state index is 0.263. The number of rotatable bonds is 6. The Balaban J connectivity index is 1.43. The molecule has 1 atom stereocenters. The fraction of sp³-hybridized carbons (Fsp3) is 0.667. The molecule has 3 aliphatic rings. The number of carbonyl (C=O) groups excluding carboxylic acids is 1. The fourth-order valence-corrected chi connectivity index (χ4v) is 4.53. The highest BCUT2D eigenvalue weighted by Gasteiger charge is 2.31. The molecular formula is C21H31N3O3. The zero-order valence-corrected chi connectivity index (χ0v) is 16.5. The Labute approximate surface area is 162 Å². The van der Waals surface area contributed by atoms with Crippen LogP contribution in [0.1, 0.15) is 37.7 Å². The summed E-state index contributed by atoms with van der Waals surface area (Å²) in [6.45, 7) is 3.47. The summed E-state index contributed by atoms with van der Waals surface area (Å²) in [6, 6.07) is 6.97. The van der Waals surface area contributed by atoms with Crippen molar-refractivity contribution in [3.8, 4) is 11.5 Å². The van der Waals surface area contributed by atoms with Crippen molar-refractivity contribution in [3.63, 3.8) is 0 Å². The monoisotopic (exact) mass is 373 g/mol. The molecule has 148 valence electrons. The zero-order chi connectivity index (χ0) is 18.8. The van der Waals surface area contributed by atoms with Gasteiger partial charge in [-0.1, -0.05) is 18.9 Å². The van der Waals surface area contributed by atoms with Gasteiger partial charge in [0, 0.05) is 31.7 Å². The van der Waals surface area contributed by atoms with Gasteiger partial charge in [-0.05, 0) is 51.1 Å². The molecule has 1 aliphatic carbocycles. The Morgan fingerprint density at radius 3 is 2.63 bits per heavy atom. The lowest BCUT2D eigenvalue weighted by molar-refractivity contribution is -0.135. The van der Waals surface area contributed by atoms with Crippen LogP contribution < -0.4 is 9.47 Å². The molecule has 2 aliphatic heterocycles. The van der Waals surface area contributed by atoms with E-state index in [2.05, 4.69) is 34.9 Å². The van der Waals surface area contributed by atoms with Gasteiger partial charge in [0.25, 0.3) is 0 Å². The number of hydrogen-bond acceptors (Lipinski definition) is 5. The largest absolute Gasteiger partial charge is 0.454 e. The lowest BCUT2D eigenvalue weighted by atomic mass is 10.1. The second-order valence-corrected chi connectivity index (χ2v) is 8.29. The summed E-state index contributed by atoms with van der Waals surface area (Å²) in [4.78, 5) is 19.9. The molecule has 1 amide bonds. The van der Waals surface area contributed by atoms with E-state index < -0.39 is 0 Å². The highest BCUT2D eigenvalue weighted by molar-refractivity contribution is 5.78. The lowest BCUT2D eigenvalue weighted by Crippen LogP contribution is -2.44. The molecule has 1 saturated carbocycles. The quantitative estimate of drug-likeness (QED) is 0.766. The molecule has 0 aromatic heterocycles. The van der Waals surface area contributed by atoms with Crippen LogP contribution in [0.2, 0.25) is 0 Å². The number of benzene rings is 1. The van der Waals surface area contributed by atoms with Gasteiger partial charge in [0.15, 0.2) is 11.5 Å². The first-order valence-corrected chi connectivity index (χ1v) is 10.2. The number of nitrogens with zero attached hydrogens (tertiary/aromatic N) is 3. The second-order valence-electron chi connectivity index (χ2n) is 8.29. The van der Waals surface area contributed by atoms with Gasteiger partial charge in [-0.3, -0.25) is 9.69 Å². The smallest absolute Gasteiger partial charge is 0.237 e. The average Bonchev–Trinajstić information content (AvgIpc) is 3.39. The van der Waals surface area contributed by atoms with Crippen molar-refractivity contribution in [3.05, 3.63) is 23.8 Å². The molecular weight excluding hydrogens is 342 g/mol. The first-order valence-electron chi connectivity index (χ1n) is 10.2. The molecule has 2 heterocycles. The van der Waals surface area contributed by atoms with E-state index in [1.807, 2.05) is 12.1 Å². The van der Waals surface area contributed by atoms with E-state index in [4.69, 9.17) is 9.47 Å². The molecule has 0 radical (unpaired) electrons. The Morgan fingerprint density at radius 1 is 1.11 bits per heavy atom. The van der Waals surface area contributed by atoms with Crippen LogP contribution in [0.15, 0.2) is 18.2 Å². The van der Waals surface area contributed by atoms with Gasteiger partial charge in [-0.25, -0.2) is 0 Å². The summed E-state index contributed by atoms with van der Waals surface area (Å²) in [5, 5.41) is 0. The third kappa shape index (κ3) is 4.22. The van der Waals surface area contributed by atoms with Crippen molar-refractivity contribution < 1.29 is 14.3 Å². The number of amides is 1. The van der Waals surface area contributed by atoms with Gasteiger partial charge in [-0.2, -0.15) is 0 Å². The maximum Gasteiger partial charge on any atom is 0.237 e. The van der Waals surface area contributed by atoms with E-state index in [0.29, 0.717) is 25.2 Å². The summed E-state index contributed by atoms with van der Waals surface area (Å²) < 4.78 is 10.9. The van der Waals surface area contributed by atoms with Gasteiger partial charge in [-0.15, -0.1) is 0 Å². The van der Waals surface area contributed by atoms with E-state index >= 15 is 0 Å². The maximum atomic E-state index is 13.2. The van der Waals surface area contributed by atoms with Crippen molar-refractivity contribution in [2.45, 2.75) is 50.7 Å². The van der Waals surface area contributed by atoms with Gasteiger partial charge in [0.05, 0.1) is 6.54 Å². The topological polar surface area (TPSA) is 45.2 Å². The maximum absolute atomic E-state index is 13.2. The summed E-state index contributed by atoms with van der Waals surface area (Å²) in [7, 11) is 4.25. The highest BCUT2D eigenvalue weighted by atomic mass is 16.7. The van der Waals surface area contributed by atoms with Crippen LogP contribution in [0.4, 0.5) is 0 Å². The molecule has 1 aromatic rings. The molecule has 2 fully saturated rings. The summed E-state index contributed by atoms with van der Waals surface area (Å²) in [6.07, 6.45) is 5.84. The minimum Gasteiger partial charge on any atom is -0.454 e. The molecule has 0 spiro atoms. The molecule has 27 heavy (non-hydrogen) atoms. The summed E-state index contributed by atoms with van der Waals surface area (Å²) >= 11 is 0. The lowest BCUT2D eigenvalue weighted by Gasteiger charge is -2.31. The van der Waals surface area contributed by atoms with Crippen molar-refractivity contribution >= 4 is 5.91 Å². The number of likely N-dealkylation sites (tertiary alicyclic amines) is 1. The number of carbonyl (C=O) groups is 1. The first-order chi connectivity index (χ1) is 13.1. The van der Waals surface area contributed by atoms with Crippen LogP contribution in [0, 0.1) is 0 Å².